The van der Waals surface area contributed by atoms with Gasteiger partial charge in [-0.15, -0.1) is 0 Å². The number of imidazole rings is 1. The summed E-state index contributed by atoms with van der Waals surface area (Å²) in [6.07, 6.45) is 9.21. The van der Waals surface area contributed by atoms with Crippen LogP contribution in [-0.4, -0.2) is 40.1 Å². The lowest BCUT2D eigenvalue weighted by atomic mass is 10.1. The van der Waals surface area contributed by atoms with Gasteiger partial charge in [0.1, 0.15) is 5.82 Å². The fraction of sp³-hybridized carbons (Fsp3) is 0.769. The van der Waals surface area contributed by atoms with E-state index in [0.717, 1.165) is 25.5 Å². The maximum absolute atomic E-state index is 5.88. The van der Waals surface area contributed by atoms with E-state index in [9.17, 15) is 0 Å². The van der Waals surface area contributed by atoms with Crippen molar-refractivity contribution in [1.82, 2.24) is 14.5 Å². The van der Waals surface area contributed by atoms with Crippen molar-refractivity contribution < 1.29 is 0 Å². The molecule has 0 aliphatic carbocycles. The zero-order valence-electron chi connectivity index (χ0n) is 10.8. The molecule has 0 amide bonds. The van der Waals surface area contributed by atoms with E-state index in [1.807, 2.05) is 6.20 Å². The molecule has 2 rings (SSSR count). The van der Waals surface area contributed by atoms with Gasteiger partial charge in [0, 0.05) is 38.1 Å². The topological polar surface area (TPSA) is 47.1 Å². The number of aryl methyl sites for hydroxylation is 1. The summed E-state index contributed by atoms with van der Waals surface area (Å²) >= 11 is 0. The monoisotopic (exact) mass is 236 g/mol. The van der Waals surface area contributed by atoms with E-state index in [2.05, 4.69) is 27.6 Å². The Morgan fingerprint density at radius 1 is 1.35 bits per heavy atom. The third-order valence-electron chi connectivity index (χ3n) is 3.82. The molecule has 1 aliphatic rings. The van der Waals surface area contributed by atoms with Crippen molar-refractivity contribution in [2.24, 2.45) is 5.73 Å². The van der Waals surface area contributed by atoms with E-state index in [0.29, 0.717) is 6.04 Å². The smallest absolute Gasteiger partial charge is 0.105 e. The Morgan fingerprint density at radius 2 is 2.24 bits per heavy atom. The quantitative estimate of drug-likeness (QED) is 0.859. The van der Waals surface area contributed by atoms with Gasteiger partial charge in [-0.05, 0) is 26.3 Å². The van der Waals surface area contributed by atoms with Crippen LogP contribution in [0.15, 0.2) is 12.4 Å². The molecular formula is C13H24N4. The van der Waals surface area contributed by atoms with Crippen molar-refractivity contribution in [1.29, 1.82) is 0 Å². The largest absolute Gasteiger partial charge is 0.334 e. The van der Waals surface area contributed by atoms with Crippen molar-refractivity contribution in [2.75, 3.05) is 19.6 Å². The summed E-state index contributed by atoms with van der Waals surface area (Å²) in [7, 11) is 0. The van der Waals surface area contributed by atoms with Crippen molar-refractivity contribution in [3.8, 4) is 0 Å². The number of hydrogen-bond donors (Lipinski definition) is 1. The molecule has 1 atom stereocenters. The minimum atomic E-state index is 0.585. The average Bonchev–Trinajstić information content (AvgIpc) is 2.63. The van der Waals surface area contributed by atoms with Crippen LogP contribution in [0.5, 0.6) is 0 Å². The molecule has 0 bridgehead atoms. The number of hydrogen-bond acceptors (Lipinski definition) is 3. The Balaban J connectivity index is 1.89. The summed E-state index contributed by atoms with van der Waals surface area (Å²) in [5.41, 5.74) is 5.88. The molecule has 0 radical (unpaired) electrons. The van der Waals surface area contributed by atoms with Crippen LogP contribution in [-0.2, 0) is 6.54 Å². The second kappa shape index (κ2) is 6.17. The fourth-order valence-electron chi connectivity index (χ4n) is 2.67. The Morgan fingerprint density at radius 3 is 2.94 bits per heavy atom. The first-order valence-electron chi connectivity index (χ1n) is 6.73. The molecule has 0 saturated carbocycles. The highest BCUT2D eigenvalue weighted by atomic mass is 15.2. The van der Waals surface area contributed by atoms with E-state index in [1.165, 1.54) is 32.2 Å². The van der Waals surface area contributed by atoms with Crippen LogP contribution in [0.25, 0.3) is 0 Å². The second-order valence-corrected chi connectivity index (χ2v) is 4.94. The van der Waals surface area contributed by atoms with Crippen LogP contribution >= 0.6 is 0 Å². The molecule has 1 unspecified atom stereocenters. The maximum Gasteiger partial charge on any atom is 0.105 e. The first-order valence-corrected chi connectivity index (χ1v) is 6.73. The lowest BCUT2D eigenvalue weighted by molar-refractivity contribution is 0.196. The average molecular weight is 236 g/mol. The number of nitrogens with zero attached hydrogens (tertiary/aromatic N) is 3. The Kier molecular flexibility index (Phi) is 4.57. The van der Waals surface area contributed by atoms with Gasteiger partial charge in [-0.3, -0.25) is 4.90 Å². The Bertz CT molecular complexity index is 334. The van der Waals surface area contributed by atoms with Gasteiger partial charge in [0.15, 0.2) is 0 Å². The van der Waals surface area contributed by atoms with E-state index in [4.69, 9.17) is 5.73 Å². The predicted molar refractivity (Wildman–Crippen MR) is 69.8 cm³/mol. The molecule has 2 N–H and O–H groups in total. The SMILES string of the molecule is Cc1nccn1CCN1CCCCCC1CN. The highest BCUT2D eigenvalue weighted by Crippen LogP contribution is 2.16. The van der Waals surface area contributed by atoms with Crippen LogP contribution in [0.1, 0.15) is 31.5 Å². The van der Waals surface area contributed by atoms with Crippen LogP contribution in [0.4, 0.5) is 0 Å². The number of nitrogens with two attached hydrogens (primary N) is 1. The lowest BCUT2D eigenvalue weighted by Crippen LogP contribution is -2.41. The fourth-order valence-corrected chi connectivity index (χ4v) is 2.67. The highest BCUT2D eigenvalue weighted by Gasteiger charge is 2.19. The molecule has 1 saturated heterocycles. The van der Waals surface area contributed by atoms with Crippen molar-refractivity contribution >= 4 is 0 Å². The summed E-state index contributed by atoms with van der Waals surface area (Å²) < 4.78 is 2.22. The summed E-state index contributed by atoms with van der Waals surface area (Å²) in [6.45, 7) is 6.18. The number of aromatic nitrogens is 2. The molecule has 1 aromatic heterocycles. The molecule has 0 aromatic carbocycles. The van der Waals surface area contributed by atoms with Gasteiger partial charge in [-0.25, -0.2) is 4.98 Å². The van der Waals surface area contributed by atoms with E-state index >= 15 is 0 Å². The summed E-state index contributed by atoms with van der Waals surface area (Å²) in [5, 5.41) is 0. The van der Waals surface area contributed by atoms with Gasteiger partial charge in [0.25, 0.3) is 0 Å². The molecular weight excluding hydrogens is 212 g/mol. The van der Waals surface area contributed by atoms with Crippen LogP contribution < -0.4 is 5.73 Å². The molecule has 96 valence electrons. The van der Waals surface area contributed by atoms with Gasteiger partial charge in [-0.1, -0.05) is 12.8 Å². The van der Waals surface area contributed by atoms with Gasteiger partial charge in [-0.2, -0.15) is 0 Å². The Hall–Kier alpha value is -0.870. The van der Waals surface area contributed by atoms with Crippen molar-refractivity contribution in [2.45, 2.75) is 45.2 Å². The molecule has 4 nitrogen and oxygen atoms in total. The molecule has 1 aromatic rings. The standard InChI is InChI=1S/C13H24N4/c1-12-15-6-8-16(12)9-10-17-7-4-2-3-5-13(17)11-14/h6,8,13H,2-5,7,9-11,14H2,1H3. The second-order valence-electron chi connectivity index (χ2n) is 4.94. The molecule has 4 heteroatoms. The van der Waals surface area contributed by atoms with E-state index in [-0.39, 0.29) is 0 Å². The van der Waals surface area contributed by atoms with Crippen LogP contribution in [0.3, 0.4) is 0 Å². The zero-order valence-corrected chi connectivity index (χ0v) is 10.8. The van der Waals surface area contributed by atoms with Crippen LogP contribution in [0.2, 0.25) is 0 Å². The van der Waals surface area contributed by atoms with Gasteiger partial charge in [0.05, 0.1) is 0 Å². The lowest BCUT2D eigenvalue weighted by Gasteiger charge is -2.29. The minimum absolute atomic E-state index is 0.585. The third-order valence-corrected chi connectivity index (χ3v) is 3.82. The minimum Gasteiger partial charge on any atom is -0.334 e. The molecule has 0 spiro atoms. The predicted octanol–water partition coefficient (Wildman–Crippen LogP) is 1.39. The molecule has 1 aliphatic heterocycles. The summed E-state index contributed by atoms with van der Waals surface area (Å²) in [6, 6.07) is 0.585. The van der Waals surface area contributed by atoms with Gasteiger partial charge in [0.2, 0.25) is 0 Å². The van der Waals surface area contributed by atoms with Crippen molar-refractivity contribution in [3.05, 3.63) is 18.2 Å². The highest BCUT2D eigenvalue weighted by molar-refractivity contribution is 4.89. The zero-order chi connectivity index (χ0) is 12.1. The third kappa shape index (κ3) is 3.30. The van der Waals surface area contributed by atoms with E-state index in [1.54, 1.807) is 0 Å². The summed E-state index contributed by atoms with van der Waals surface area (Å²) in [5.74, 6) is 1.10. The summed E-state index contributed by atoms with van der Waals surface area (Å²) in [4.78, 5) is 6.82. The normalized spacial score (nSPS) is 22.6. The number of rotatable bonds is 4. The Labute approximate surface area is 104 Å². The van der Waals surface area contributed by atoms with E-state index < -0.39 is 0 Å². The van der Waals surface area contributed by atoms with Crippen LogP contribution in [0, 0.1) is 6.92 Å². The van der Waals surface area contributed by atoms with Crippen molar-refractivity contribution in [3.63, 3.8) is 0 Å². The van der Waals surface area contributed by atoms with Gasteiger partial charge < -0.3 is 10.3 Å². The maximum atomic E-state index is 5.88. The molecule has 2 heterocycles. The first kappa shape index (κ1) is 12.6. The van der Waals surface area contributed by atoms with Gasteiger partial charge >= 0.3 is 0 Å². The number of likely N-dealkylation sites (tertiary alicyclic amines) is 1. The first-order chi connectivity index (χ1) is 8.31. The molecule has 1 fully saturated rings. The molecule has 17 heavy (non-hydrogen) atoms.